The Morgan fingerprint density at radius 2 is 1.88 bits per heavy atom. The van der Waals surface area contributed by atoms with Gasteiger partial charge in [-0.3, -0.25) is 4.18 Å². The second-order valence-corrected chi connectivity index (χ2v) is 5.81. The lowest BCUT2D eigenvalue weighted by Crippen LogP contribution is -2.33. The van der Waals surface area contributed by atoms with Gasteiger partial charge in [0.2, 0.25) is 0 Å². The second-order valence-electron chi connectivity index (χ2n) is 4.27. The van der Waals surface area contributed by atoms with E-state index in [1.807, 2.05) is 6.07 Å². The Balaban J connectivity index is 2.16. The van der Waals surface area contributed by atoms with Gasteiger partial charge in [-0.05, 0) is 44.5 Å². The second kappa shape index (κ2) is 5.16. The summed E-state index contributed by atoms with van der Waals surface area (Å²) in [6, 6.07) is 6.90. The fourth-order valence-corrected chi connectivity index (χ4v) is 3.32. The summed E-state index contributed by atoms with van der Waals surface area (Å²) < 4.78 is 29.4. The van der Waals surface area contributed by atoms with Crippen LogP contribution in [0.1, 0.15) is 18.4 Å². The average molecular weight is 255 g/mol. The van der Waals surface area contributed by atoms with Gasteiger partial charge in [-0.1, -0.05) is 18.2 Å². The molecule has 1 aliphatic heterocycles. The van der Waals surface area contributed by atoms with Gasteiger partial charge in [0.15, 0.2) is 0 Å². The van der Waals surface area contributed by atoms with Crippen molar-refractivity contribution in [2.45, 2.75) is 30.8 Å². The lowest BCUT2D eigenvalue weighted by molar-refractivity contribution is 0.169. The van der Waals surface area contributed by atoms with Crippen LogP contribution in [0.25, 0.3) is 0 Å². The van der Waals surface area contributed by atoms with Crippen LogP contribution in [0.3, 0.4) is 0 Å². The molecule has 1 aliphatic rings. The van der Waals surface area contributed by atoms with E-state index in [0.29, 0.717) is 0 Å². The molecule has 0 bridgehead atoms. The molecule has 1 fully saturated rings. The van der Waals surface area contributed by atoms with Gasteiger partial charge in [-0.15, -0.1) is 0 Å². The summed E-state index contributed by atoms with van der Waals surface area (Å²) in [5.41, 5.74) is 0.724. The molecule has 0 amide bonds. The maximum Gasteiger partial charge on any atom is 0.297 e. The Morgan fingerprint density at radius 1 is 1.24 bits per heavy atom. The molecule has 4 nitrogen and oxygen atoms in total. The molecule has 17 heavy (non-hydrogen) atoms. The van der Waals surface area contributed by atoms with Gasteiger partial charge in [-0.2, -0.15) is 8.42 Å². The largest absolute Gasteiger partial charge is 0.317 e. The van der Waals surface area contributed by atoms with E-state index in [1.54, 1.807) is 25.1 Å². The van der Waals surface area contributed by atoms with Crippen LogP contribution in [0.4, 0.5) is 0 Å². The zero-order valence-electron chi connectivity index (χ0n) is 9.85. The third kappa shape index (κ3) is 3.06. The van der Waals surface area contributed by atoms with E-state index in [0.717, 1.165) is 31.5 Å². The molecule has 0 aliphatic carbocycles. The van der Waals surface area contributed by atoms with E-state index < -0.39 is 10.1 Å². The predicted molar refractivity (Wildman–Crippen MR) is 65.3 cm³/mol. The summed E-state index contributed by atoms with van der Waals surface area (Å²) in [6.07, 6.45) is 1.29. The summed E-state index contributed by atoms with van der Waals surface area (Å²) in [5.74, 6) is 0. The summed E-state index contributed by atoms with van der Waals surface area (Å²) in [6.45, 7) is 3.40. The van der Waals surface area contributed by atoms with Crippen molar-refractivity contribution >= 4 is 10.1 Å². The van der Waals surface area contributed by atoms with Crippen LogP contribution in [-0.2, 0) is 14.3 Å². The van der Waals surface area contributed by atoms with Gasteiger partial charge in [0.1, 0.15) is 0 Å². The van der Waals surface area contributed by atoms with Crippen LogP contribution in [0.5, 0.6) is 0 Å². The Labute approximate surface area is 102 Å². The van der Waals surface area contributed by atoms with Gasteiger partial charge in [0.05, 0.1) is 11.0 Å². The highest BCUT2D eigenvalue weighted by Crippen LogP contribution is 2.20. The number of piperidine rings is 1. The first kappa shape index (κ1) is 12.5. The summed E-state index contributed by atoms with van der Waals surface area (Å²) in [5, 5.41) is 3.18. The van der Waals surface area contributed by atoms with E-state index in [9.17, 15) is 8.42 Å². The number of rotatable bonds is 3. The standard InChI is InChI=1S/C12H17NO3S/c1-10-4-2-3-5-12(10)17(14,15)16-11-6-8-13-9-7-11/h2-5,11,13H,6-9H2,1H3. The first-order valence-electron chi connectivity index (χ1n) is 5.79. The third-order valence-electron chi connectivity index (χ3n) is 2.91. The SMILES string of the molecule is Cc1ccccc1S(=O)(=O)OC1CCNCC1. The fourth-order valence-electron chi connectivity index (χ4n) is 1.96. The molecule has 1 aromatic rings. The average Bonchev–Trinajstić information content (AvgIpc) is 2.30. The predicted octanol–water partition coefficient (Wildman–Crippen LogP) is 1.45. The number of aryl methyl sites for hydroxylation is 1. The van der Waals surface area contributed by atoms with E-state index in [2.05, 4.69) is 5.32 Å². The molecule has 0 unspecified atom stereocenters. The van der Waals surface area contributed by atoms with Crippen LogP contribution in [0.15, 0.2) is 29.2 Å². The van der Waals surface area contributed by atoms with Gasteiger partial charge >= 0.3 is 0 Å². The Morgan fingerprint density at radius 3 is 2.53 bits per heavy atom. The minimum Gasteiger partial charge on any atom is -0.317 e. The van der Waals surface area contributed by atoms with Crippen molar-refractivity contribution < 1.29 is 12.6 Å². The fraction of sp³-hybridized carbons (Fsp3) is 0.500. The monoisotopic (exact) mass is 255 g/mol. The highest BCUT2D eigenvalue weighted by Gasteiger charge is 2.24. The van der Waals surface area contributed by atoms with Crippen molar-refractivity contribution in [2.24, 2.45) is 0 Å². The first-order valence-corrected chi connectivity index (χ1v) is 7.20. The molecular weight excluding hydrogens is 238 g/mol. The zero-order valence-corrected chi connectivity index (χ0v) is 10.7. The van der Waals surface area contributed by atoms with Crippen LogP contribution < -0.4 is 5.32 Å². The maximum absolute atomic E-state index is 12.1. The van der Waals surface area contributed by atoms with Gasteiger partial charge in [0, 0.05) is 0 Å². The Bertz CT molecular complexity index is 478. The summed E-state index contributed by atoms with van der Waals surface area (Å²) >= 11 is 0. The maximum atomic E-state index is 12.1. The molecule has 1 aromatic carbocycles. The zero-order chi connectivity index (χ0) is 12.3. The first-order chi connectivity index (χ1) is 8.09. The van der Waals surface area contributed by atoms with Gasteiger partial charge < -0.3 is 5.32 Å². The molecule has 5 heteroatoms. The Kier molecular flexibility index (Phi) is 3.81. The van der Waals surface area contributed by atoms with Crippen LogP contribution in [-0.4, -0.2) is 27.6 Å². The van der Waals surface area contributed by atoms with Crippen molar-refractivity contribution in [3.8, 4) is 0 Å². The molecule has 1 heterocycles. The number of hydrogen-bond donors (Lipinski definition) is 1. The molecule has 0 aromatic heterocycles. The molecule has 0 radical (unpaired) electrons. The lowest BCUT2D eigenvalue weighted by atomic mass is 10.1. The smallest absolute Gasteiger partial charge is 0.297 e. The minimum atomic E-state index is -3.62. The van der Waals surface area contributed by atoms with Crippen molar-refractivity contribution in [2.75, 3.05) is 13.1 Å². The van der Waals surface area contributed by atoms with Crippen LogP contribution in [0.2, 0.25) is 0 Å². The molecule has 94 valence electrons. The van der Waals surface area contributed by atoms with E-state index >= 15 is 0 Å². The molecule has 0 atom stereocenters. The molecule has 0 saturated carbocycles. The summed E-state index contributed by atoms with van der Waals surface area (Å²) in [4.78, 5) is 0.276. The summed E-state index contributed by atoms with van der Waals surface area (Å²) in [7, 11) is -3.62. The van der Waals surface area contributed by atoms with Crippen molar-refractivity contribution in [3.05, 3.63) is 29.8 Å². The van der Waals surface area contributed by atoms with Crippen LogP contribution in [0, 0.1) is 6.92 Å². The Hall–Kier alpha value is -0.910. The molecular formula is C12H17NO3S. The minimum absolute atomic E-state index is 0.194. The number of hydrogen-bond acceptors (Lipinski definition) is 4. The number of nitrogens with one attached hydrogen (secondary N) is 1. The number of benzene rings is 1. The highest BCUT2D eigenvalue weighted by atomic mass is 32.2. The molecule has 2 rings (SSSR count). The lowest BCUT2D eigenvalue weighted by Gasteiger charge is -2.22. The normalized spacial score (nSPS) is 18.2. The van der Waals surface area contributed by atoms with Crippen molar-refractivity contribution in [3.63, 3.8) is 0 Å². The third-order valence-corrected chi connectivity index (χ3v) is 4.43. The van der Waals surface area contributed by atoms with Gasteiger partial charge in [0.25, 0.3) is 10.1 Å². The van der Waals surface area contributed by atoms with Gasteiger partial charge in [-0.25, -0.2) is 0 Å². The quantitative estimate of drug-likeness (QED) is 0.831. The van der Waals surface area contributed by atoms with E-state index in [1.165, 1.54) is 0 Å². The van der Waals surface area contributed by atoms with E-state index in [-0.39, 0.29) is 11.0 Å². The topological polar surface area (TPSA) is 55.4 Å². The highest BCUT2D eigenvalue weighted by molar-refractivity contribution is 7.86. The van der Waals surface area contributed by atoms with Crippen molar-refractivity contribution in [1.29, 1.82) is 0 Å². The molecule has 1 N–H and O–H groups in total. The van der Waals surface area contributed by atoms with Crippen LogP contribution >= 0.6 is 0 Å². The molecule has 0 spiro atoms. The van der Waals surface area contributed by atoms with Crippen molar-refractivity contribution in [1.82, 2.24) is 5.32 Å². The molecule has 1 saturated heterocycles. The van der Waals surface area contributed by atoms with E-state index in [4.69, 9.17) is 4.18 Å².